The quantitative estimate of drug-likeness (QED) is 0.549. The number of rotatable bonds is 4. The summed E-state index contributed by atoms with van der Waals surface area (Å²) in [5.41, 5.74) is 4.25. The maximum atomic E-state index is 13.5. The zero-order chi connectivity index (χ0) is 19.2. The number of carbonyl (C=O) groups is 3. The van der Waals surface area contributed by atoms with Crippen LogP contribution < -0.4 is 10.9 Å². The Bertz CT molecular complexity index is 1010. The van der Waals surface area contributed by atoms with Gasteiger partial charge in [0.25, 0.3) is 11.8 Å². The molecule has 0 fully saturated rings. The van der Waals surface area contributed by atoms with Gasteiger partial charge in [-0.3, -0.25) is 20.4 Å². The number of nitrogens with one attached hydrogen (secondary N) is 2. The second-order valence-electron chi connectivity index (χ2n) is 5.58. The molecule has 3 aromatic carbocycles. The van der Waals surface area contributed by atoms with E-state index in [0.717, 1.165) is 11.5 Å². The van der Waals surface area contributed by atoms with Crippen LogP contribution in [-0.2, 0) is 9.53 Å². The average molecular weight is 366 g/mol. The van der Waals surface area contributed by atoms with Crippen LogP contribution in [0.15, 0.2) is 66.7 Å². The van der Waals surface area contributed by atoms with Crippen LogP contribution in [0, 0.1) is 5.82 Å². The van der Waals surface area contributed by atoms with E-state index in [1.165, 1.54) is 18.2 Å². The van der Waals surface area contributed by atoms with Crippen LogP contribution in [0.4, 0.5) is 4.39 Å². The molecule has 0 radical (unpaired) electrons. The molecule has 136 valence electrons. The van der Waals surface area contributed by atoms with Gasteiger partial charge in [0.1, 0.15) is 5.82 Å². The summed E-state index contributed by atoms with van der Waals surface area (Å²) in [4.78, 5) is 35.8. The van der Waals surface area contributed by atoms with Gasteiger partial charge >= 0.3 is 5.97 Å². The number of amides is 2. The predicted octanol–water partition coefficient (Wildman–Crippen LogP) is 2.60. The molecular formula is C20H15FN2O4. The number of carbonyl (C=O) groups excluding carboxylic acids is 3. The lowest BCUT2D eigenvalue weighted by atomic mass is 10.1. The maximum absolute atomic E-state index is 13.5. The van der Waals surface area contributed by atoms with Gasteiger partial charge in [-0.15, -0.1) is 0 Å². The molecule has 2 amide bonds. The van der Waals surface area contributed by atoms with Gasteiger partial charge in [-0.05, 0) is 29.0 Å². The molecule has 27 heavy (non-hydrogen) atoms. The third-order valence-electron chi connectivity index (χ3n) is 3.78. The molecular weight excluding hydrogens is 351 g/mol. The fourth-order valence-corrected chi connectivity index (χ4v) is 2.49. The molecule has 0 bridgehead atoms. The summed E-state index contributed by atoms with van der Waals surface area (Å²) in [5.74, 6) is -2.95. The second kappa shape index (κ2) is 8.09. The molecule has 0 spiro atoms. The third-order valence-corrected chi connectivity index (χ3v) is 3.78. The van der Waals surface area contributed by atoms with Gasteiger partial charge in [0.2, 0.25) is 0 Å². The molecule has 0 unspecified atom stereocenters. The number of hydrazine groups is 1. The Morgan fingerprint density at radius 2 is 1.48 bits per heavy atom. The smallest absolute Gasteiger partial charge is 0.339 e. The Hall–Kier alpha value is -3.74. The van der Waals surface area contributed by atoms with Gasteiger partial charge in [0.15, 0.2) is 6.61 Å². The fraction of sp³-hybridized carbons (Fsp3) is 0.0500. The van der Waals surface area contributed by atoms with Crippen molar-refractivity contribution in [3.05, 3.63) is 83.7 Å². The van der Waals surface area contributed by atoms with Crippen LogP contribution in [0.25, 0.3) is 10.8 Å². The molecule has 0 aliphatic heterocycles. The Morgan fingerprint density at radius 3 is 2.30 bits per heavy atom. The molecule has 2 N–H and O–H groups in total. The van der Waals surface area contributed by atoms with Gasteiger partial charge in [-0.2, -0.15) is 0 Å². The van der Waals surface area contributed by atoms with Crippen molar-refractivity contribution < 1.29 is 23.5 Å². The van der Waals surface area contributed by atoms with Gasteiger partial charge < -0.3 is 4.74 Å². The molecule has 0 heterocycles. The molecule has 0 saturated heterocycles. The number of benzene rings is 3. The predicted molar refractivity (Wildman–Crippen MR) is 96.2 cm³/mol. The number of hydrogen-bond acceptors (Lipinski definition) is 4. The summed E-state index contributed by atoms with van der Waals surface area (Å²) >= 11 is 0. The fourth-order valence-electron chi connectivity index (χ4n) is 2.49. The lowest BCUT2D eigenvalue weighted by Crippen LogP contribution is -2.43. The van der Waals surface area contributed by atoms with Crippen molar-refractivity contribution in [2.45, 2.75) is 0 Å². The Kier molecular flexibility index (Phi) is 5.41. The lowest BCUT2D eigenvalue weighted by molar-refractivity contribution is -0.125. The molecule has 3 rings (SSSR count). The molecule has 0 atom stereocenters. The van der Waals surface area contributed by atoms with E-state index in [2.05, 4.69) is 10.9 Å². The molecule has 7 heteroatoms. The molecule has 6 nitrogen and oxygen atoms in total. The molecule has 0 aliphatic rings. The summed E-state index contributed by atoms with van der Waals surface area (Å²) < 4.78 is 18.5. The van der Waals surface area contributed by atoms with Gasteiger partial charge in [-0.1, -0.05) is 48.5 Å². The number of halogens is 1. The highest BCUT2D eigenvalue weighted by Gasteiger charge is 2.15. The van der Waals surface area contributed by atoms with E-state index in [1.807, 2.05) is 18.2 Å². The zero-order valence-electron chi connectivity index (χ0n) is 14.1. The topological polar surface area (TPSA) is 84.5 Å². The van der Waals surface area contributed by atoms with E-state index < -0.39 is 30.2 Å². The third kappa shape index (κ3) is 4.27. The SMILES string of the molecule is O=C(COC(=O)c1cccc2ccccc12)NNC(=O)c1ccccc1F. The monoisotopic (exact) mass is 366 g/mol. The number of ether oxygens (including phenoxy) is 1. The van der Waals surface area contributed by atoms with Crippen LogP contribution in [0.1, 0.15) is 20.7 Å². The first kappa shape index (κ1) is 18.1. The minimum atomic E-state index is -0.818. The maximum Gasteiger partial charge on any atom is 0.339 e. The van der Waals surface area contributed by atoms with E-state index >= 15 is 0 Å². The first-order valence-electron chi connectivity index (χ1n) is 8.05. The van der Waals surface area contributed by atoms with Crippen LogP contribution in [0.5, 0.6) is 0 Å². The molecule has 0 aromatic heterocycles. The number of hydrogen-bond donors (Lipinski definition) is 2. The zero-order valence-corrected chi connectivity index (χ0v) is 14.1. The summed E-state index contributed by atoms with van der Waals surface area (Å²) in [6.45, 7) is -0.598. The highest BCUT2D eigenvalue weighted by Crippen LogP contribution is 2.19. The van der Waals surface area contributed by atoms with Gasteiger partial charge in [-0.25, -0.2) is 9.18 Å². The van der Waals surface area contributed by atoms with Crippen molar-refractivity contribution in [3.63, 3.8) is 0 Å². The summed E-state index contributed by atoms with van der Waals surface area (Å²) in [6, 6.07) is 17.8. The standard InChI is InChI=1S/C20H15FN2O4/c21-17-11-4-3-9-16(17)19(25)23-22-18(24)12-27-20(26)15-10-5-7-13-6-1-2-8-14(13)15/h1-11H,12H2,(H,22,24)(H,23,25). The van der Waals surface area contributed by atoms with Gasteiger partial charge in [0, 0.05) is 0 Å². The molecule has 3 aromatic rings. The average Bonchev–Trinajstić information content (AvgIpc) is 2.70. The van der Waals surface area contributed by atoms with E-state index in [4.69, 9.17) is 4.74 Å². The van der Waals surface area contributed by atoms with Crippen molar-refractivity contribution in [1.82, 2.24) is 10.9 Å². The summed E-state index contributed by atoms with van der Waals surface area (Å²) in [6.07, 6.45) is 0. The largest absolute Gasteiger partial charge is 0.452 e. The molecule has 0 aliphatic carbocycles. The van der Waals surface area contributed by atoms with Crippen molar-refractivity contribution >= 4 is 28.6 Å². The van der Waals surface area contributed by atoms with Crippen molar-refractivity contribution in [2.75, 3.05) is 6.61 Å². The van der Waals surface area contributed by atoms with E-state index in [9.17, 15) is 18.8 Å². The van der Waals surface area contributed by atoms with Crippen LogP contribution in [0.3, 0.4) is 0 Å². The summed E-state index contributed by atoms with van der Waals surface area (Å²) in [7, 11) is 0. The first-order valence-corrected chi connectivity index (χ1v) is 8.05. The van der Waals surface area contributed by atoms with Crippen LogP contribution >= 0.6 is 0 Å². The molecule has 0 saturated carbocycles. The summed E-state index contributed by atoms with van der Waals surface area (Å²) in [5, 5.41) is 1.58. The van der Waals surface area contributed by atoms with E-state index in [-0.39, 0.29) is 5.56 Å². The highest BCUT2D eigenvalue weighted by atomic mass is 19.1. The van der Waals surface area contributed by atoms with Crippen molar-refractivity contribution in [1.29, 1.82) is 0 Å². The first-order chi connectivity index (χ1) is 13.1. The Balaban J connectivity index is 1.55. The van der Waals surface area contributed by atoms with Crippen LogP contribution in [-0.4, -0.2) is 24.4 Å². The Labute approximate surface area is 153 Å². The lowest BCUT2D eigenvalue weighted by Gasteiger charge is -2.09. The van der Waals surface area contributed by atoms with Crippen molar-refractivity contribution in [2.24, 2.45) is 0 Å². The number of fused-ring (bicyclic) bond motifs is 1. The van der Waals surface area contributed by atoms with E-state index in [1.54, 1.807) is 24.3 Å². The second-order valence-corrected chi connectivity index (χ2v) is 5.58. The van der Waals surface area contributed by atoms with Crippen molar-refractivity contribution in [3.8, 4) is 0 Å². The Morgan fingerprint density at radius 1 is 0.815 bits per heavy atom. The minimum Gasteiger partial charge on any atom is -0.452 e. The normalized spacial score (nSPS) is 10.3. The highest BCUT2D eigenvalue weighted by molar-refractivity contribution is 6.05. The van der Waals surface area contributed by atoms with Crippen LogP contribution in [0.2, 0.25) is 0 Å². The minimum absolute atomic E-state index is 0.217. The van der Waals surface area contributed by atoms with Gasteiger partial charge in [0.05, 0.1) is 11.1 Å². The van der Waals surface area contributed by atoms with E-state index in [0.29, 0.717) is 10.9 Å². The number of esters is 1.